The lowest BCUT2D eigenvalue weighted by molar-refractivity contribution is -0.120. The molecule has 38 heavy (non-hydrogen) atoms. The van der Waals surface area contributed by atoms with Crippen LogP contribution in [0.4, 0.5) is 0 Å². The highest BCUT2D eigenvalue weighted by Crippen LogP contribution is 2.51. The number of aryl methyl sites for hydroxylation is 1. The van der Waals surface area contributed by atoms with E-state index in [1.54, 1.807) is 12.1 Å². The van der Waals surface area contributed by atoms with Gasteiger partial charge in [-0.25, -0.2) is 8.42 Å². The maximum absolute atomic E-state index is 13.5. The van der Waals surface area contributed by atoms with Crippen LogP contribution in [0.5, 0.6) is 11.5 Å². The number of carbonyl (C=O) groups is 1. The fraction of sp³-hybridized carbons (Fsp3) is 0.367. The van der Waals surface area contributed by atoms with Crippen molar-refractivity contribution < 1.29 is 27.8 Å². The summed E-state index contributed by atoms with van der Waals surface area (Å²) in [6, 6.07) is 18.4. The maximum atomic E-state index is 13.5. The Kier molecular flexibility index (Phi) is 6.29. The van der Waals surface area contributed by atoms with Crippen molar-refractivity contribution in [3.05, 3.63) is 77.4 Å². The molecule has 6 rings (SSSR count). The number of aliphatic hydroxyl groups is 1. The van der Waals surface area contributed by atoms with Crippen LogP contribution in [-0.4, -0.2) is 49.6 Å². The van der Waals surface area contributed by atoms with Gasteiger partial charge in [0.05, 0.1) is 16.9 Å². The third-order valence-electron chi connectivity index (χ3n) is 8.18. The van der Waals surface area contributed by atoms with Gasteiger partial charge in [-0.05, 0) is 84.7 Å². The first kappa shape index (κ1) is 25.1. The second-order valence-corrected chi connectivity index (χ2v) is 12.4. The Bertz CT molecular complexity index is 1490. The van der Waals surface area contributed by atoms with Gasteiger partial charge in [0.15, 0.2) is 11.5 Å². The third-order valence-corrected chi connectivity index (χ3v) is 10.1. The molecule has 1 aliphatic carbocycles. The second kappa shape index (κ2) is 9.52. The predicted molar refractivity (Wildman–Crippen MR) is 143 cm³/mol. The summed E-state index contributed by atoms with van der Waals surface area (Å²) in [7, 11) is -3.66. The van der Waals surface area contributed by atoms with Gasteiger partial charge in [-0.2, -0.15) is 4.31 Å². The number of hydrogen-bond acceptors (Lipinski definition) is 6. The van der Waals surface area contributed by atoms with Gasteiger partial charge >= 0.3 is 0 Å². The van der Waals surface area contributed by atoms with E-state index in [1.165, 1.54) is 4.31 Å². The van der Waals surface area contributed by atoms with Crippen LogP contribution >= 0.6 is 0 Å². The van der Waals surface area contributed by atoms with Crippen molar-refractivity contribution in [2.24, 2.45) is 0 Å². The molecule has 0 aromatic heterocycles. The molecular formula is C30H31NO6S. The Morgan fingerprint density at radius 1 is 1.03 bits per heavy atom. The third kappa shape index (κ3) is 4.30. The highest BCUT2D eigenvalue weighted by Gasteiger charge is 2.50. The SMILES string of the molecule is Cc1ccc(CC(=O)C2(c3ccc4c(c3)OCO4)CC2)cc1-c1ccc(S(=O)(=O)N2CCC[C@@H]2CO)cc1. The first-order chi connectivity index (χ1) is 18.3. The van der Waals surface area contributed by atoms with Gasteiger partial charge in [-0.3, -0.25) is 4.79 Å². The van der Waals surface area contributed by atoms with Crippen molar-refractivity contribution in [3.63, 3.8) is 0 Å². The number of carbonyl (C=O) groups excluding carboxylic acids is 1. The zero-order valence-electron chi connectivity index (χ0n) is 21.4. The zero-order valence-corrected chi connectivity index (χ0v) is 22.2. The highest BCUT2D eigenvalue weighted by molar-refractivity contribution is 7.89. The van der Waals surface area contributed by atoms with Crippen LogP contribution in [-0.2, 0) is 26.7 Å². The summed E-state index contributed by atoms with van der Waals surface area (Å²) in [6.07, 6.45) is 3.41. The van der Waals surface area contributed by atoms with Gasteiger partial charge in [-0.15, -0.1) is 0 Å². The summed E-state index contributed by atoms with van der Waals surface area (Å²) in [5.74, 6) is 1.60. The molecule has 0 unspecified atom stereocenters. The number of ether oxygens (including phenoxy) is 2. The van der Waals surface area contributed by atoms with Crippen LogP contribution < -0.4 is 9.47 Å². The summed E-state index contributed by atoms with van der Waals surface area (Å²) in [5.41, 5.74) is 4.37. The molecule has 3 aromatic rings. The number of aliphatic hydroxyl groups excluding tert-OH is 1. The lowest BCUT2D eigenvalue weighted by atomic mass is 9.87. The fourth-order valence-corrected chi connectivity index (χ4v) is 7.43. The Labute approximate surface area is 223 Å². The first-order valence-electron chi connectivity index (χ1n) is 13.1. The molecule has 7 nitrogen and oxygen atoms in total. The number of nitrogens with zero attached hydrogens (tertiary/aromatic N) is 1. The van der Waals surface area contributed by atoms with Gasteiger partial charge in [-0.1, -0.05) is 36.4 Å². The second-order valence-electron chi connectivity index (χ2n) is 10.5. The van der Waals surface area contributed by atoms with Gasteiger partial charge in [0, 0.05) is 19.0 Å². The largest absolute Gasteiger partial charge is 0.454 e. The minimum atomic E-state index is -3.66. The Hall–Kier alpha value is -3.20. The molecule has 1 saturated carbocycles. The van der Waals surface area contributed by atoms with E-state index < -0.39 is 15.4 Å². The van der Waals surface area contributed by atoms with Crippen LogP contribution in [0.1, 0.15) is 42.4 Å². The van der Waals surface area contributed by atoms with E-state index in [2.05, 4.69) is 0 Å². The van der Waals surface area contributed by atoms with Gasteiger partial charge in [0.2, 0.25) is 16.8 Å². The summed E-state index contributed by atoms with van der Waals surface area (Å²) in [5, 5.41) is 9.57. The van der Waals surface area contributed by atoms with E-state index in [-0.39, 0.29) is 30.1 Å². The van der Waals surface area contributed by atoms with Gasteiger partial charge in [0.25, 0.3) is 0 Å². The molecule has 3 aromatic carbocycles. The smallest absolute Gasteiger partial charge is 0.243 e. The molecule has 0 amide bonds. The lowest BCUT2D eigenvalue weighted by Crippen LogP contribution is -2.37. The summed E-state index contributed by atoms with van der Waals surface area (Å²) in [4.78, 5) is 13.7. The quantitative estimate of drug-likeness (QED) is 0.462. The number of ketones is 1. The first-order valence-corrected chi connectivity index (χ1v) is 14.5. The average molecular weight is 534 g/mol. The molecule has 0 radical (unpaired) electrons. The van der Waals surface area contributed by atoms with E-state index in [9.17, 15) is 18.3 Å². The molecule has 1 N–H and O–H groups in total. The molecule has 0 bridgehead atoms. The minimum Gasteiger partial charge on any atom is -0.454 e. The molecule has 2 fully saturated rings. The van der Waals surface area contributed by atoms with E-state index in [0.717, 1.165) is 47.1 Å². The van der Waals surface area contributed by atoms with Crippen LogP contribution in [0.3, 0.4) is 0 Å². The number of hydrogen-bond donors (Lipinski definition) is 1. The molecule has 2 aliphatic heterocycles. The zero-order chi connectivity index (χ0) is 26.5. The van der Waals surface area contributed by atoms with E-state index in [1.807, 2.05) is 55.5 Å². The van der Waals surface area contributed by atoms with E-state index in [0.29, 0.717) is 30.9 Å². The molecule has 0 spiro atoms. The number of Topliss-reactive ketones (excluding diaryl/α,β-unsaturated/α-hetero) is 1. The van der Waals surface area contributed by atoms with Crippen LogP contribution in [0.2, 0.25) is 0 Å². The van der Waals surface area contributed by atoms with Gasteiger partial charge < -0.3 is 14.6 Å². The predicted octanol–water partition coefficient (Wildman–Crippen LogP) is 4.38. The van der Waals surface area contributed by atoms with Crippen molar-refractivity contribution in [1.29, 1.82) is 0 Å². The van der Waals surface area contributed by atoms with Crippen LogP contribution in [0, 0.1) is 6.92 Å². The fourth-order valence-electron chi connectivity index (χ4n) is 5.74. The summed E-state index contributed by atoms with van der Waals surface area (Å²) < 4.78 is 38.6. The van der Waals surface area contributed by atoms with E-state index in [4.69, 9.17) is 9.47 Å². The molecule has 1 saturated heterocycles. The van der Waals surface area contributed by atoms with Crippen molar-refractivity contribution in [2.75, 3.05) is 19.9 Å². The van der Waals surface area contributed by atoms with E-state index >= 15 is 0 Å². The Morgan fingerprint density at radius 3 is 2.53 bits per heavy atom. The standard InChI is InChI=1S/C30H31NO6S/c1-20-4-5-21(16-29(33)30(12-13-30)23-8-11-27-28(17-23)37-19-36-27)15-26(20)22-6-9-25(10-7-22)38(34,35)31-14-2-3-24(31)18-32/h4-11,15,17,24,32H,2-3,12-14,16,18-19H2,1H3/t24-/m1/s1. The topological polar surface area (TPSA) is 93.1 Å². The van der Waals surface area contributed by atoms with Crippen molar-refractivity contribution >= 4 is 15.8 Å². The molecule has 3 aliphatic rings. The molecular weight excluding hydrogens is 502 g/mol. The van der Waals surface area contributed by atoms with Crippen LogP contribution in [0.15, 0.2) is 65.6 Å². The lowest BCUT2D eigenvalue weighted by Gasteiger charge is -2.22. The van der Waals surface area contributed by atoms with Crippen molar-refractivity contribution in [1.82, 2.24) is 4.31 Å². The summed E-state index contributed by atoms with van der Waals surface area (Å²) >= 11 is 0. The Morgan fingerprint density at radius 2 is 1.79 bits per heavy atom. The number of fused-ring (bicyclic) bond motifs is 1. The summed E-state index contributed by atoms with van der Waals surface area (Å²) in [6.45, 7) is 2.48. The number of benzene rings is 3. The minimum absolute atomic E-state index is 0.169. The normalized spacial score (nSPS) is 20.0. The monoisotopic (exact) mass is 533 g/mol. The maximum Gasteiger partial charge on any atom is 0.243 e. The highest BCUT2D eigenvalue weighted by atomic mass is 32.2. The molecule has 198 valence electrons. The molecule has 8 heteroatoms. The molecule has 1 atom stereocenters. The van der Waals surface area contributed by atoms with Crippen molar-refractivity contribution in [2.45, 2.75) is 55.4 Å². The molecule has 2 heterocycles. The van der Waals surface area contributed by atoms with Crippen LogP contribution in [0.25, 0.3) is 11.1 Å². The number of rotatable bonds is 8. The Balaban J connectivity index is 1.22. The average Bonchev–Trinajstić information content (AvgIpc) is 3.36. The number of sulfonamides is 1. The van der Waals surface area contributed by atoms with Crippen molar-refractivity contribution in [3.8, 4) is 22.6 Å². The van der Waals surface area contributed by atoms with Gasteiger partial charge in [0.1, 0.15) is 5.78 Å².